The number of carbonyl (C=O) groups is 5. The van der Waals surface area contributed by atoms with Gasteiger partial charge in [0.05, 0.1) is 18.3 Å². The minimum atomic E-state index is -4.99. The predicted octanol–water partition coefficient (Wildman–Crippen LogP) is 3.32. The van der Waals surface area contributed by atoms with Gasteiger partial charge in [0.25, 0.3) is 5.91 Å². The second-order valence-corrected chi connectivity index (χ2v) is 17.4. The van der Waals surface area contributed by atoms with Crippen molar-refractivity contribution in [3.05, 3.63) is 47.3 Å². The standard InChI is InChI=1S/C35H39F6N5O8S/c36-24-6-3-4-19-16-45(18-23(19)24)31(51)54-21-14-26-27(47)43-34(30(50)44-55(52,53)22-7-8-22)15-20(34)5-1-2-10-33(37,38)11-9-25(28(48)46(26)17-21)42-29(49)32(12-13-32)35(39,40)41/h1,3-6,20-22,25-26H,2,7-18H2,(H,42,49)(H,43,47)(H,44,50)/t20-,21-,25+,26+,34-/m1/s1. The molecule has 1 saturated heterocycles. The molecule has 0 bridgehead atoms. The molecule has 55 heavy (non-hydrogen) atoms. The molecule has 7 rings (SSSR count). The second kappa shape index (κ2) is 13.7. The molecule has 5 amide bonds. The average molecular weight is 804 g/mol. The predicted molar refractivity (Wildman–Crippen MR) is 177 cm³/mol. The molecule has 1 aromatic carbocycles. The summed E-state index contributed by atoms with van der Waals surface area (Å²) in [5, 5.41) is 3.76. The van der Waals surface area contributed by atoms with Gasteiger partial charge in [-0.3, -0.25) is 28.8 Å². The Kier molecular flexibility index (Phi) is 9.68. The highest BCUT2D eigenvalue weighted by molar-refractivity contribution is 7.91. The number of nitrogens with zero attached hydrogens (tertiary/aromatic N) is 2. The molecular weight excluding hydrogens is 764 g/mol. The van der Waals surface area contributed by atoms with Gasteiger partial charge in [0, 0.05) is 37.3 Å². The summed E-state index contributed by atoms with van der Waals surface area (Å²) < 4.78 is 120. The summed E-state index contributed by atoms with van der Waals surface area (Å²) in [5.74, 6) is -9.72. The normalized spacial score (nSPS) is 30.1. The van der Waals surface area contributed by atoms with E-state index in [1.807, 2.05) is 10.0 Å². The first kappa shape index (κ1) is 38.9. The number of sulfonamides is 1. The smallest absolute Gasteiger partial charge is 0.410 e. The largest absolute Gasteiger partial charge is 0.444 e. The third-order valence-corrected chi connectivity index (χ3v) is 13.3. The SMILES string of the molecule is O=C1N[C@]2(C(=O)NS(=O)(=O)C3CC3)C[C@H]2C=CCCC(F)(F)CC[C@H](NC(=O)C2(C(F)(F)F)CC2)C(=O)N2C[C@H](OC(=O)N3Cc4cccc(F)c4C3)C[C@@H]12. The Hall–Kier alpha value is -4.36. The molecule has 0 spiro atoms. The number of rotatable bonds is 6. The van der Waals surface area contributed by atoms with Crippen LogP contribution >= 0.6 is 0 Å². The molecule has 1 aromatic rings. The van der Waals surface area contributed by atoms with Crippen molar-refractivity contribution in [2.24, 2.45) is 11.3 Å². The third-order valence-electron chi connectivity index (χ3n) is 11.4. The van der Waals surface area contributed by atoms with Crippen LogP contribution in [-0.4, -0.2) is 95.6 Å². The lowest BCUT2D eigenvalue weighted by Crippen LogP contribution is -2.59. The Morgan fingerprint density at radius 1 is 0.982 bits per heavy atom. The van der Waals surface area contributed by atoms with Crippen LogP contribution in [0.25, 0.3) is 0 Å². The molecule has 3 aliphatic carbocycles. The van der Waals surface area contributed by atoms with Crippen molar-refractivity contribution in [3.8, 4) is 0 Å². The van der Waals surface area contributed by atoms with Gasteiger partial charge in [0.2, 0.25) is 33.7 Å². The number of alkyl halides is 5. The van der Waals surface area contributed by atoms with Gasteiger partial charge in [0.1, 0.15) is 35.0 Å². The van der Waals surface area contributed by atoms with Gasteiger partial charge in [0.15, 0.2) is 0 Å². The van der Waals surface area contributed by atoms with Crippen molar-refractivity contribution >= 4 is 39.7 Å². The van der Waals surface area contributed by atoms with Crippen molar-refractivity contribution in [1.29, 1.82) is 0 Å². The first-order valence-electron chi connectivity index (χ1n) is 18.1. The lowest BCUT2D eigenvalue weighted by molar-refractivity contribution is -0.193. The Morgan fingerprint density at radius 2 is 1.71 bits per heavy atom. The Balaban J connectivity index is 1.18. The van der Waals surface area contributed by atoms with E-state index in [9.17, 15) is 50.0 Å². The monoisotopic (exact) mass is 803 g/mol. The molecule has 5 atom stereocenters. The Morgan fingerprint density at radius 3 is 2.36 bits per heavy atom. The molecule has 20 heteroatoms. The zero-order chi connectivity index (χ0) is 39.7. The molecule has 3 aliphatic heterocycles. The molecule has 300 valence electrons. The summed E-state index contributed by atoms with van der Waals surface area (Å²) in [6.07, 6.45) is -8.38. The molecule has 6 aliphatic rings. The Labute approximate surface area is 311 Å². The summed E-state index contributed by atoms with van der Waals surface area (Å²) in [7, 11) is -4.11. The van der Waals surface area contributed by atoms with Crippen LogP contribution in [0.1, 0.15) is 75.3 Å². The zero-order valence-corrected chi connectivity index (χ0v) is 30.1. The molecule has 3 N–H and O–H groups in total. The molecule has 13 nitrogen and oxygen atoms in total. The fourth-order valence-corrected chi connectivity index (χ4v) is 8.99. The molecule has 0 radical (unpaired) electrons. The van der Waals surface area contributed by atoms with E-state index >= 15 is 8.78 Å². The first-order chi connectivity index (χ1) is 25.8. The fourth-order valence-electron chi connectivity index (χ4n) is 7.62. The van der Waals surface area contributed by atoms with Gasteiger partial charge in [-0.15, -0.1) is 0 Å². The van der Waals surface area contributed by atoms with Crippen LogP contribution in [0.2, 0.25) is 0 Å². The maximum absolute atomic E-state index is 15.2. The summed E-state index contributed by atoms with van der Waals surface area (Å²) >= 11 is 0. The van der Waals surface area contributed by atoms with Crippen LogP contribution in [0.15, 0.2) is 30.4 Å². The van der Waals surface area contributed by atoms with E-state index in [0.29, 0.717) is 18.4 Å². The fraction of sp³-hybridized carbons (Fsp3) is 0.629. The van der Waals surface area contributed by atoms with Crippen LogP contribution in [0.3, 0.4) is 0 Å². The average Bonchev–Trinajstić information content (AvgIpc) is 4.04. The summed E-state index contributed by atoms with van der Waals surface area (Å²) in [5.41, 5.74) is -3.90. The number of halogens is 6. The van der Waals surface area contributed by atoms with Crippen molar-refractivity contribution < 1.29 is 63.5 Å². The van der Waals surface area contributed by atoms with E-state index in [1.165, 1.54) is 29.2 Å². The number of ether oxygens (including phenoxy) is 1. The maximum atomic E-state index is 15.2. The van der Waals surface area contributed by atoms with E-state index < -0.39 is 143 Å². The van der Waals surface area contributed by atoms with E-state index in [0.717, 1.165) is 4.90 Å². The van der Waals surface area contributed by atoms with Gasteiger partial charge in [-0.1, -0.05) is 24.3 Å². The minimum absolute atomic E-state index is 0.0230. The number of fused-ring (bicyclic) bond motifs is 3. The van der Waals surface area contributed by atoms with Crippen LogP contribution < -0.4 is 15.4 Å². The van der Waals surface area contributed by atoms with Crippen LogP contribution in [0.4, 0.5) is 31.1 Å². The lowest BCUT2D eigenvalue weighted by Gasteiger charge is -2.31. The van der Waals surface area contributed by atoms with E-state index in [2.05, 4.69) is 5.32 Å². The number of benzene rings is 1. The molecule has 0 unspecified atom stereocenters. The number of hydrogen-bond donors (Lipinski definition) is 3. The highest BCUT2D eigenvalue weighted by Gasteiger charge is 2.69. The molecule has 3 heterocycles. The highest BCUT2D eigenvalue weighted by atomic mass is 32.2. The van der Waals surface area contributed by atoms with Crippen molar-refractivity contribution in [1.82, 2.24) is 25.2 Å². The molecular formula is C35H39F6N5O8S. The Bertz CT molecular complexity index is 1940. The van der Waals surface area contributed by atoms with Gasteiger partial charge in [-0.05, 0) is 56.6 Å². The number of carbonyl (C=O) groups excluding carboxylic acids is 5. The van der Waals surface area contributed by atoms with Crippen LogP contribution in [-0.2, 0) is 47.0 Å². The second-order valence-electron chi connectivity index (χ2n) is 15.4. The maximum Gasteiger partial charge on any atom is 0.410 e. The van der Waals surface area contributed by atoms with Gasteiger partial charge < -0.3 is 20.3 Å². The van der Waals surface area contributed by atoms with Crippen LogP contribution in [0.5, 0.6) is 0 Å². The topological polar surface area (TPSA) is 171 Å². The molecule has 4 fully saturated rings. The van der Waals surface area contributed by atoms with Gasteiger partial charge in [-0.2, -0.15) is 13.2 Å². The van der Waals surface area contributed by atoms with Crippen LogP contribution in [0, 0.1) is 17.2 Å². The van der Waals surface area contributed by atoms with E-state index in [4.69, 9.17) is 4.74 Å². The summed E-state index contributed by atoms with van der Waals surface area (Å²) in [6.45, 7) is -0.742. The zero-order valence-electron chi connectivity index (χ0n) is 29.3. The number of allylic oxidation sites excluding steroid dienone is 1. The van der Waals surface area contributed by atoms with Crippen molar-refractivity contribution in [2.45, 2.75) is 118 Å². The third kappa shape index (κ3) is 7.61. The lowest BCUT2D eigenvalue weighted by atomic mass is 10.00. The van der Waals surface area contributed by atoms with Gasteiger partial charge in [-0.25, -0.2) is 26.4 Å². The summed E-state index contributed by atoms with van der Waals surface area (Å²) in [4.78, 5) is 70.3. The van der Waals surface area contributed by atoms with Crippen molar-refractivity contribution in [3.63, 3.8) is 0 Å². The quantitative estimate of drug-likeness (QED) is 0.291. The number of nitrogens with one attached hydrogen (secondary N) is 3. The minimum Gasteiger partial charge on any atom is -0.444 e. The van der Waals surface area contributed by atoms with E-state index in [-0.39, 0.29) is 31.5 Å². The molecule has 3 saturated carbocycles. The summed E-state index contributed by atoms with van der Waals surface area (Å²) in [6, 6.07) is 0.727. The van der Waals surface area contributed by atoms with Gasteiger partial charge >= 0.3 is 12.3 Å². The highest BCUT2D eigenvalue weighted by Crippen LogP contribution is 2.58. The number of hydrogen-bond acceptors (Lipinski definition) is 8. The van der Waals surface area contributed by atoms with Crippen molar-refractivity contribution in [2.75, 3.05) is 6.54 Å². The van der Waals surface area contributed by atoms with E-state index in [1.54, 1.807) is 6.07 Å². The molecule has 0 aromatic heterocycles. The number of amides is 5. The first-order valence-corrected chi connectivity index (χ1v) is 19.6.